The second kappa shape index (κ2) is 7.00. The second-order valence-electron chi connectivity index (χ2n) is 4.45. The molecule has 1 unspecified atom stereocenters. The smallest absolute Gasteiger partial charge is 0.252 e. The van der Waals surface area contributed by atoms with E-state index in [0.29, 0.717) is 20.9 Å². The molecule has 0 saturated heterocycles. The standard InChI is InChI=1S/C16H16N2O3S/c1-17-15(19)11-7-9-12(10-8-11)22(21)14-6-4-3-5-13(14)16(20)18-2/h3-10H,1-2H3,(H,17,19)(H,18,20). The number of carbonyl (C=O) groups is 2. The molecule has 2 rings (SSSR count). The lowest BCUT2D eigenvalue weighted by molar-refractivity contribution is 0.0953. The van der Waals surface area contributed by atoms with Crippen molar-refractivity contribution in [3.63, 3.8) is 0 Å². The monoisotopic (exact) mass is 316 g/mol. The van der Waals surface area contributed by atoms with Crippen molar-refractivity contribution < 1.29 is 13.8 Å². The summed E-state index contributed by atoms with van der Waals surface area (Å²) in [6.45, 7) is 0. The summed E-state index contributed by atoms with van der Waals surface area (Å²) >= 11 is 0. The lowest BCUT2D eigenvalue weighted by Crippen LogP contribution is -2.20. The van der Waals surface area contributed by atoms with Crippen LogP contribution in [0.3, 0.4) is 0 Å². The second-order valence-corrected chi connectivity index (χ2v) is 5.90. The highest BCUT2D eigenvalue weighted by Crippen LogP contribution is 2.20. The Morgan fingerprint density at radius 1 is 0.864 bits per heavy atom. The number of carbonyl (C=O) groups excluding carboxylic acids is 2. The first-order valence-electron chi connectivity index (χ1n) is 6.63. The lowest BCUT2D eigenvalue weighted by Gasteiger charge is -2.08. The zero-order valence-corrected chi connectivity index (χ0v) is 13.1. The highest BCUT2D eigenvalue weighted by molar-refractivity contribution is 7.85. The zero-order valence-electron chi connectivity index (χ0n) is 12.3. The van der Waals surface area contributed by atoms with Crippen LogP contribution < -0.4 is 10.6 Å². The molecule has 0 fully saturated rings. The molecule has 2 amide bonds. The molecule has 0 aromatic heterocycles. The Balaban J connectivity index is 2.37. The average Bonchev–Trinajstić information content (AvgIpc) is 2.59. The number of benzene rings is 2. The quantitative estimate of drug-likeness (QED) is 0.899. The van der Waals surface area contributed by atoms with E-state index in [1.807, 2.05) is 0 Å². The number of hydrogen-bond donors (Lipinski definition) is 2. The maximum atomic E-state index is 12.7. The Morgan fingerprint density at radius 3 is 2.05 bits per heavy atom. The topological polar surface area (TPSA) is 75.3 Å². The SMILES string of the molecule is CNC(=O)c1ccc(S(=O)c2ccccc2C(=O)NC)cc1. The minimum Gasteiger partial charge on any atom is -0.355 e. The van der Waals surface area contributed by atoms with E-state index < -0.39 is 10.8 Å². The number of amides is 2. The van der Waals surface area contributed by atoms with Crippen LogP contribution in [0.4, 0.5) is 0 Å². The fourth-order valence-electron chi connectivity index (χ4n) is 1.95. The molecule has 6 heteroatoms. The third-order valence-corrected chi connectivity index (χ3v) is 4.57. The molecule has 2 aromatic rings. The summed E-state index contributed by atoms with van der Waals surface area (Å²) < 4.78 is 12.7. The summed E-state index contributed by atoms with van der Waals surface area (Å²) in [5, 5.41) is 5.06. The molecule has 0 heterocycles. The van der Waals surface area contributed by atoms with Gasteiger partial charge in [0.2, 0.25) is 0 Å². The van der Waals surface area contributed by atoms with Gasteiger partial charge in [0.1, 0.15) is 0 Å². The van der Waals surface area contributed by atoms with Crippen molar-refractivity contribution in [1.29, 1.82) is 0 Å². The summed E-state index contributed by atoms with van der Waals surface area (Å²) in [6, 6.07) is 13.2. The third-order valence-electron chi connectivity index (χ3n) is 3.12. The molecular weight excluding hydrogens is 300 g/mol. The van der Waals surface area contributed by atoms with Crippen LogP contribution >= 0.6 is 0 Å². The van der Waals surface area contributed by atoms with Gasteiger partial charge < -0.3 is 10.6 Å². The van der Waals surface area contributed by atoms with Crippen LogP contribution in [0.25, 0.3) is 0 Å². The predicted molar refractivity (Wildman–Crippen MR) is 84.3 cm³/mol. The largest absolute Gasteiger partial charge is 0.355 e. The van der Waals surface area contributed by atoms with E-state index in [2.05, 4.69) is 10.6 Å². The Labute approximate surface area is 131 Å². The number of hydrogen-bond acceptors (Lipinski definition) is 3. The third kappa shape index (κ3) is 3.23. The fraction of sp³-hybridized carbons (Fsp3) is 0.125. The molecule has 0 saturated carbocycles. The van der Waals surface area contributed by atoms with Gasteiger partial charge in [0.25, 0.3) is 11.8 Å². The maximum absolute atomic E-state index is 12.7. The van der Waals surface area contributed by atoms with Crippen LogP contribution in [0.2, 0.25) is 0 Å². The summed E-state index contributed by atoms with van der Waals surface area (Å²) in [6.07, 6.45) is 0. The Kier molecular flexibility index (Phi) is 5.06. The van der Waals surface area contributed by atoms with E-state index in [0.717, 1.165) is 0 Å². The lowest BCUT2D eigenvalue weighted by atomic mass is 10.2. The van der Waals surface area contributed by atoms with Crippen LogP contribution in [0, 0.1) is 0 Å². The highest BCUT2D eigenvalue weighted by atomic mass is 32.2. The maximum Gasteiger partial charge on any atom is 0.252 e. The molecule has 0 aliphatic carbocycles. The molecule has 0 aliphatic rings. The van der Waals surface area contributed by atoms with Crippen molar-refractivity contribution in [2.45, 2.75) is 9.79 Å². The predicted octanol–water partition coefficient (Wildman–Crippen LogP) is 1.57. The Morgan fingerprint density at radius 2 is 1.45 bits per heavy atom. The highest BCUT2D eigenvalue weighted by Gasteiger charge is 2.16. The molecule has 0 bridgehead atoms. The van der Waals surface area contributed by atoms with Crippen LogP contribution in [-0.2, 0) is 10.8 Å². The van der Waals surface area contributed by atoms with E-state index in [1.54, 1.807) is 55.6 Å². The first kappa shape index (κ1) is 15.9. The van der Waals surface area contributed by atoms with Crippen molar-refractivity contribution >= 4 is 22.6 Å². The first-order chi connectivity index (χ1) is 10.6. The molecule has 2 N–H and O–H groups in total. The minimum atomic E-state index is -1.50. The van der Waals surface area contributed by atoms with Crippen LogP contribution in [0.5, 0.6) is 0 Å². The van der Waals surface area contributed by atoms with Gasteiger partial charge in [-0.2, -0.15) is 0 Å². The molecule has 22 heavy (non-hydrogen) atoms. The summed E-state index contributed by atoms with van der Waals surface area (Å²) in [5.74, 6) is -0.492. The Hall–Kier alpha value is -2.47. The van der Waals surface area contributed by atoms with Gasteiger partial charge in [-0.3, -0.25) is 9.59 Å². The van der Waals surface area contributed by atoms with Crippen molar-refractivity contribution in [2.75, 3.05) is 14.1 Å². The number of rotatable bonds is 4. The van der Waals surface area contributed by atoms with E-state index >= 15 is 0 Å². The van der Waals surface area contributed by atoms with Gasteiger partial charge in [0, 0.05) is 24.6 Å². The Bertz CT molecular complexity index is 726. The molecule has 114 valence electrons. The van der Waals surface area contributed by atoms with Gasteiger partial charge in [0.15, 0.2) is 0 Å². The van der Waals surface area contributed by atoms with E-state index in [-0.39, 0.29) is 11.8 Å². The zero-order chi connectivity index (χ0) is 16.1. The molecule has 1 atom stereocenters. The van der Waals surface area contributed by atoms with Gasteiger partial charge >= 0.3 is 0 Å². The average molecular weight is 316 g/mol. The molecule has 0 radical (unpaired) electrons. The van der Waals surface area contributed by atoms with E-state index in [1.165, 1.54) is 7.05 Å². The summed E-state index contributed by atoms with van der Waals surface area (Å²) in [7, 11) is 1.58. The van der Waals surface area contributed by atoms with Crippen molar-refractivity contribution in [2.24, 2.45) is 0 Å². The van der Waals surface area contributed by atoms with Crippen LogP contribution in [0.15, 0.2) is 58.3 Å². The van der Waals surface area contributed by atoms with Crippen molar-refractivity contribution in [3.05, 3.63) is 59.7 Å². The molecule has 2 aromatic carbocycles. The molecule has 0 spiro atoms. The van der Waals surface area contributed by atoms with Crippen molar-refractivity contribution in [1.82, 2.24) is 10.6 Å². The van der Waals surface area contributed by atoms with Gasteiger partial charge in [0.05, 0.1) is 21.3 Å². The first-order valence-corrected chi connectivity index (χ1v) is 7.78. The number of nitrogens with one attached hydrogen (secondary N) is 2. The normalized spacial score (nSPS) is 11.5. The van der Waals surface area contributed by atoms with Crippen LogP contribution in [-0.4, -0.2) is 30.1 Å². The van der Waals surface area contributed by atoms with Gasteiger partial charge in [-0.1, -0.05) is 12.1 Å². The molecular formula is C16H16N2O3S. The molecule has 5 nitrogen and oxygen atoms in total. The summed E-state index contributed by atoms with van der Waals surface area (Å²) in [4.78, 5) is 24.3. The van der Waals surface area contributed by atoms with E-state index in [9.17, 15) is 13.8 Å². The van der Waals surface area contributed by atoms with Gasteiger partial charge in [-0.25, -0.2) is 4.21 Å². The van der Waals surface area contributed by atoms with E-state index in [4.69, 9.17) is 0 Å². The molecule has 0 aliphatic heterocycles. The van der Waals surface area contributed by atoms with Crippen molar-refractivity contribution in [3.8, 4) is 0 Å². The minimum absolute atomic E-state index is 0.205. The van der Waals surface area contributed by atoms with Gasteiger partial charge in [-0.15, -0.1) is 0 Å². The summed E-state index contributed by atoms with van der Waals surface area (Å²) in [5.41, 5.74) is 0.863. The van der Waals surface area contributed by atoms with Gasteiger partial charge in [-0.05, 0) is 36.4 Å². The van der Waals surface area contributed by atoms with Crippen LogP contribution in [0.1, 0.15) is 20.7 Å². The fourth-order valence-corrected chi connectivity index (χ4v) is 3.15.